The first-order valence-electron chi connectivity index (χ1n) is 8.55. The number of rotatable bonds is 4. The van der Waals surface area contributed by atoms with Crippen molar-refractivity contribution >= 4 is 29.9 Å². The normalized spacial score (nSPS) is 22.5. The van der Waals surface area contributed by atoms with Crippen LogP contribution in [0.4, 0.5) is 18.9 Å². The van der Waals surface area contributed by atoms with Gasteiger partial charge in [-0.2, -0.15) is 13.2 Å². The number of benzene rings is 1. The number of carbonyl (C=O) groups is 2. The van der Waals surface area contributed by atoms with Gasteiger partial charge in [-0.15, -0.1) is 12.4 Å². The lowest BCUT2D eigenvalue weighted by molar-refractivity contribution is -0.123. The third kappa shape index (κ3) is 6.39. The molecular formula is C18H25ClF3N3O2. The van der Waals surface area contributed by atoms with Crippen LogP contribution >= 0.6 is 12.4 Å². The Balaban J connectivity index is 0.00000364. The highest BCUT2D eigenvalue weighted by atomic mass is 35.5. The molecule has 0 aliphatic heterocycles. The lowest BCUT2D eigenvalue weighted by Gasteiger charge is -2.37. The zero-order chi connectivity index (χ0) is 19.5. The number of aryl methyl sites for hydroxylation is 1. The molecule has 1 aromatic carbocycles. The van der Waals surface area contributed by atoms with E-state index in [0.717, 1.165) is 19.3 Å². The number of alkyl halides is 3. The fourth-order valence-electron chi connectivity index (χ4n) is 3.19. The Bertz CT molecular complexity index is 693. The van der Waals surface area contributed by atoms with Crippen LogP contribution in [0.15, 0.2) is 18.2 Å². The van der Waals surface area contributed by atoms with E-state index in [2.05, 4.69) is 5.32 Å². The Morgan fingerprint density at radius 2 is 1.96 bits per heavy atom. The maximum absolute atomic E-state index is 12.6. The number of nitrogens with two attached hydrogens (primary N) is 1. The average Bonchev–Trinajstić information content (AvgIpc) is 2.53. The summed E-state index contributed by atoms with van der Waals surface area (Å²) < 4.78 is 36.7. The van der Waals surface area contributed by atoms with E-state index in [1.807, 2.05) is 12.2 Å². The number of nitrogens with one attached hydrogen (secondary N) is 2. The van der Waals surface area contributed by atoms with Gasteiger partial charge in [0.15, 0.2) is 0 Å². The quantitative estimate of drug-likeness (QED) is 0.713. The molecule has 0 bridgehead atoms. The van der Waals surface area contributed by atoms with Crippen molar-refractivity contribution in [2.75, 3.05) is 11.9 Å². The molecule has 9 heteroatoms. The van der Waals surface area contributed by atoms with Crippen LogP contribution in [0.1, 0.15) is 48.5 Å². The van der Waals surface area contributed by atoms with Crippen LogP contribution in [0, 0.1) is 12.8 Å². The third-order valence-corrected chi connectivity index (χ3v) is 4.78. The van der Waals surface area contributed by atoms with Crippen molar-refractivity contribution in [2.24, 2.45) is 11.7 Å². The highest BCUT2D eigenvalue weighted by Crippen LogP contribution is 2.32. The predicted molar refractivity (Wildman–Crippen MR) is 100.0 cm³/mol. The fourth-order valence-corrected chi connectivity index (χ4v) is 3.19. The number of hydrogen-bond acceptors (Lipinski definition) is 3. The number of anilines is 1. The van der Waals surface area contributed by atoms with Crippen molar-refractivity contribution < 1.29 is 22.8 Å². The second kappa shape index (κ2) is 8.93. The van der Waals surface area contributed by atoms with Gasteiger partial charge >= 0.3 is 6.18 Å². The molecule has 0 spiro atoms. The molecule has 5 nitrogen and oxygen atoms in total. The smallest absolute Gasteiger partial charge is 0.343 e. The van der Waals surface area contributed by atoms with Crippen molar-refractivity contribution in [1.29, 1.82) is 0 Å². The molecule has 2 unspecified atom stereocenters. The van der Waals surface area contributed by atoms with Gasteiger partial charge in [-0.3, -0.25) is 9.59 Å². The molecular weight excluding hydrogens is 383 g/mol. The van der Waals surface area contributed by atoms with Crippen LogP contribution in [0.5, 0.6) is 0 Å². The number of carbonyl (C=O) groups excluding carboxylic acids is 2. The number of hydrogen-bond donors (Lipinski definition) is 3. The summed E-state index contributed by atoms with van der Waals surface area (Å²) in [4.78, 5) is 24.5. The summed E-state index contributed by atoms with van der Waals surface area (Å²) in [6.45, 7) is 2.19. The van der Waals surface area contributed by atoms with E-state index in [0.29, 0.717) is 17.7 Å². The first-order chi connectivity index (χ1) is 12.0. The van der Waals surface area contributed by atoms with Gasteiger partial charge in [-0.1, -0.05) is 18.9 Å². The van der Waals surface area contributed by atoms with Gasteiger partial charge < -0.3 is 16.4 Å². The third-order valence-electron chi connectivity index (χ3n) is 4.78. The molecule has 1 aliphatic carbocycles. The zero-order valence-electron chi connectivity index (χ0n) is 15.3. The Morgan fingerprint density at radius 1 is 1.30 bits per heavy atom. The standard InChI is InChI=1S/C18H24F3N3O2.ClH/c1-11-6-7-12(15(25)23-10-18(19,20)21)9-14(11)24-16(26)13-5-3-4-8-17(13,2)22;/h6-7,9,13H,3-5,8,10,22H2,1-2H3,(H,23,25)(H,24,26);1H. The molecule has 0 radical (unpaired) electrons. The minimum Gasteiger partial charge on any atom is -0.343 e. The molecule has 1 aliphatic rings. The Labute approximate surface area is 162 Å². The summed E-state index contributed by atoms with van der Waals surface area (Å²) >= 11 is 0. The van der Waals surface area contributed by atoms with Crippen molar-refractivity contribution in [3.63, 3.8) is 0 Å². The van der Waals surface area contributed by atoms with E-state index >= 15 is 0 Å². The van der Waals surface area contributed by atoms with Crippen LogP contribution in [0.2, 0.25) is 0 Å². The molecule has 2 atom stereocenters. The van der Waals surface area contributed by atoms with Gasteiger partial charge in [0.1, 0.15) is 6.54 Å². The topological polar surface area (TPSA) is 84.2 Å². The second-order valence-electron chi connectivity index (χ2n) is 7.12. The van der Waals surface area contributed by atoms with E-state index in [-0.39, 0.29) is 29.8 Å². The highest BCUT2D eigenvalue weighted by Gasteiger charge is 2.38. The van der Waals surface area contributed by atoms with Crippen LogP contribution in [-0.4, -0.2) is 30.1 Å². The summed E-state index contributed by atoms with van der Waals surface area (Å²) in [5.74, 6) is -1.43. The first kappa shape index (κ1) is 23.2. The maximum Gasteiger partial charge on any atom is 0.405 e. The number of halogens is 4. The van der Waals surface area contributed by atoms with Crippen molar-refractivity contribution in [3.8, 4) is 0 Å². The molecule has 2 amide bonds. The largest absolute Gasteiger partial charge is 0.405 e. The maximum atomic E-state index is 12.6. The highest BCUT2D eigenvalue weighted by molar-refractivity contribution is 5.98. The summed E-state index contributed by atoms with van der Waals surface area (Å²) in [6.07, 6.45) is -1.15. The predicted octanol–water partition coefficient (Wildman–Crippen LogP) is 3.56. The minimum atomic E-state index is -4.48. The van der Waals surface area contributed by atoms with Crippen molar-refractivity contribution in [3.05, 3.63) is 29.3 Å². The minimum absolute atomic E-state index is 0. The molecule has 0 heterocycles. The Hall–Kier alpha value is -1.80. The fraction of sp³-hybridized carbons (Fsp3) is 0.556. The van der Waals surface area contributed by atoms with Gasteiger partial charge in [0.05, 0.1) is 5.92 Å². The molecule has 2 rings (SSSR count). The van der Waals surface area contributed by atoms with Gasteiger partial charge in [0.25, 0.3) is 5.91 Å². The van der Waals surface area contributed by atoms with Gasteiger partial charge in [0.2, 0.25) is 5.91 Å². The van der Waals surface area contributed by atoms with E-state index in [4.69, 9.17) is 5.73 Å². The van der Waals surface area contributed by atoms with Gasteiger partial charge in [-0.25, -0.2) is 0 Å². The number of amides is 2. The second-order valence-corrected chi connectivity index (χ2v) is 7.12. The van der Waals surface area contributed by atoms with E-state index in [1.165, 1.54) is 12.1 Å². The van der Waals surface area contributed by atoms with E-state index in [1.54, 1.807) is 13.0 Å². The molecule has 0 saturated heterocycles. The van der Waals surface area contributed by atoms with Crippen molar-refractivity contribution in [2.45, 2.75) is 51.2 Å². The monoisotopic (exact) mass is 407 g/mol. The molecule has 152 valence electrons. The van der Waals surface area contributed by atoms with Crippen LogP contribution in [-0.2, 0) is 4.79 Å². The summed E-state index contributed by atoms with van der Waals surface area (Å²) in [6, 6.07) is 4.39. The lowest BCUT2D eigenvalue weighted by atomic mass is 9.74. The van der Waals surface area contributed by atoms with Crippen molar-refractivity contribution in [1.82, 2.24) is 5.32 Å². The first-order valence-corrected chi connectivity index (χ1v) is 8.55. The van der Waals surface area contributed by atoms with E-state index < -0.39 is 24.2 Å². The summed E-state index contributed by atoms with van der Waals surface area (Å²) in [7, 11) is 0. The Morgan fingerprint density at radius 3 is 2.56 bits per heavy atom. The lowest BCUT2D eigenvalue weighted by Crippen LogP contribution is -2.51. The SMILES string of the molecule is Cc1ccc(C(=O)NCC(F)(F)F)cc1NC(=O)C1CCCCC1(C)N.Cl. The van der Waals surface area contributed by atoms with Gasteiger partial charge in [0, 0.05) is 16.8 Å². The van der Waals surface area contributed by atoms with E-state index in [9.17, 15) is 22.8 Å². The average molecular weight is 408 g/mol. The van der Waals surface area contributed by atoms with Crippen LogP contribution in [0.3, 0.4) is 0 Å². The summed E-state index contributed by atoms with van der Waals surface area (Å²) in [5, 5.41) is 4.60. The Kier molecular flexibility index (Phi) is 7.68. The molecule has 4 N–H and O–H groups in total. The van der Waals surface area contributed by atoms with Gasteiger partial charge in [-0.05, 0) is 44.4 Å². The molecule has 0 aromatic heterocycles. The molecule has 1 aromatic rings. The van der Waals surface area contributed by atoms with Crippen LogP contribution in [0.25, 0.3) is 0 Å². The molecule has 27 heavy (non-hydrogen) atoms. The van der Waals surface area contributed by atoms with Crippen LogP contribution < -0.4 is 16.4 Å². The summed E-state index contributed by atoms with van der Waals surface area (Å²) in [5.41, 5.74) is 6.80. The zero-order valence-corrected chi connectivity index (χ0v) is 16.1. The molecule has 1 saturated carbocycles. The molecule has 1 fully saturated rings.